The van der Waals surface area contributed by atoms with E-state index < -0.39 is 10.1 Å². The second-order valence-electron chi connectivity index (χ2n) is 2.37. The first-order valence-corrected chi connectivity index (χ1v) is 4.83. The van der Waals surface area contributed by atoms with Crippen LogP contribution in [0, 0.1) is 0 Å². The van der Waals surface area contributed by atoms with Crippen molar-refractivity contribution in [2.75, 3.05) is 7.11 Å². The highest BCUT2D eigenvalue weighted by atomic mass is 32.2. The van der Waals surface area contributed by atoms with Crippen LogP contribution in [-0.4, -0.2) is 15.5 Å². The van der Waals surface area contributed by atoms with Crippen molar-refractivity contribution >= 4 is 10.1 Å². The van der Waals surface area contributed by atoms with Crippen LogP contribution in [0.3, 0.4) is 0 Å². The average Bonchev–Trinajstić information content (AvgIpc) is 2.05. The van der Waals surface area contributed by atoms with Gasteiger partial charge in [0.15, 0.2) is 0 Å². The lowest BCUT2D eigenvalue weighted by atomic mass is 10.2. The molecule has 1 rings (SSSR count). The Hall–Kier alpha value is -0.680. The van der Waals surface area contributed by atoms with Gasteiger partial charge in [0, 0.05) is 6.42 Å². The monoisotopic (exact) mass is 192 g/mol. The van der Waals surface area contributed by atoms with Crippen LogP contribution in [0.15, 0.2) is 22.9 Å². The first-order chi connectivity index (χ1) is 5.56. The standard InChI is InChI=1S/C7H9FO3S/c1-11-12(9,10)7-4-2-6(8)3-5-7/h2,4H,3,5H2,1H3. The fourth-order valence-electron chi connectivity index (χ4n) is 0.908. The zero-order valence-electron chi connectivity index (χ0n) is 6.58. The molecule has 3 nitrogen and oxygen atoms in total. The van der Waals surface area contributed by atoms with E-state index in [9.17, 15) is 12.8 Å². The van der Waals surface area contributed by atoms with Gasteiger partial charge in [0.25, 0.3) is 10.1 Å². The molecule has 0 N–H and O–H groups in total. The Labute approximate surface area is 70.7 Å². The van der Waals surface area contributed by atoms with Crippen LogP contribution in [0.5, 0.6) is 0 Å². The molecule has 1 aliphatic rings. The minimum absolute atomic E-state index is 0.131. The van der Waals surface area contributed by atoms with Gasteiger partial charge in [-0.15, -0.1) is 0 Å². The van der Waals surface area contributed by atoms with Crippen molar-refractivity contribution in [3.8, 4) is 0 Å². The third kappa shape index (κ3) is 1.92. The lowest BCUT2D eigenvalue weighted by Gasteiger charge is -2.08. The Bertz CT molecular complexity index is 327. The highest BCUT2D eigenvalue weighted by Gasteiger charge is 2.18. The molecule has 0 bridgehead atoms. The van der Waals surface area contributed by atoms with Gasteiger partial charge < -0.3 is 0 Å². The Balaban J connectivity index is 2.93. The first-order valence-electron chi connectivity index (χ1n) is 3.42. The molecule has 5 heteroatoms. The van der Waals surface area contributed by atoms with E-state index in [4.69, 9.17) is 0 Å². The fraction of sp³-hybridized carbons (Fsp3) is 0.429. The fourth-order valence-corrected chi connectivity index (χ4v) is 1.71. The van der Waals surface area contributed by atoms with Crippen molar-refractivity contribution in [1.29, 1.82) is 0 Å². The first kappa shape index (κ1) is 9.41. The SMILES string of the molecule is COS(=O)(=O)C1=CC=C(F)CC1. The molecule has 0 saturated heterocycles. The van der Waals surface area contributed by atoms with Gasteiger partial charge in [-0.3, -0.25) is 4.18 Å². The summed E-state index contributed by atoms with van der Waals surface area (Å²) in [5.74, 6) is -0.301. The maximum atomic E-state index is 12.4. The third-order valence-corrected chi connectivity index (χ3v) is 3.02. The van der Waals surface area contributed by atoms with E-state index in [0.717, 1.165) is 13.2 Å². The summed E-state index contributed by atoms with van der Waals surface area (Å²) in [7, 11) is -2.51. The van der Waals surface area contributed by atoms with Crippen molar-refractivity contribution in [1.82, 2.24) is 0 Å². The minimum Gasteiger partial charge on any atom is -0.270 e. The maximum absolute atomic E-state index is 12.4. The van der Waals surface area contributed by atoms with Crippen molar-refractivity contribution < 1.29 is 17.0 Å². The average molecular weight is 192 g/mol. The smallest absolute Gasteiger partial charge is 0.270 e. The molecule has 0 fully saturated rings. The third-order valence-electron chi connectivity index (χ3n) is 1.60. The molecule has 68 valence electrons. The molecule has 1 aliphatic carbocycles. The summed E-state index contributed by atoms with van der Waals surface area (Å²) >= 11 is 0. The van der Waals surface area contributed by atoms with Gasteiger partial charge >= 0.3 is 0 Å². The van der Waals surface area contributed by atoms with Crippen LogP contribution < -0.4 is 0 Å². The Morgan fingerprint density at radius 2 is 2.08 bits per heavy atom. The number of hydrogen-bond acceptors (Lipinski definition) is 3. The van der Waals surface area contributed by atoms with E-state index in [-0.39, 0.29) is 23.6 Å². The number of allylic oxidation sites excluding steroid dienone is 4. The van der Waals surface area contributed by atoms with Crippen LogP contribution in [0.25, 0.3) is 0 Å². The van der Waals surface area contributed by atoms with Crippen LogP contribution >= 0.6 is 0 Å². The van der Waals surface area contributed by atoms with E-state index in [2.05, 4.69) is 4.18 Å². The van der Waals surface area contributed by atoms with Gasteiger partial charge in [0.05, 0.1) is 12.0 Å². The van der Waals surface area contributed by atoms with Gasteiger partial charge in [-0.2, -0.15) is 8.42 Å². The molecule has 0 saturated carbocycles. The molecule has 0 amide bonds. The Morgan fingerprint density at radius 1 is 1.42 bits per heavy atom. The Kier molecular flexibility index (Phi) is 2.64. The minimum atomic E-state index is -3.59. The van der Waals surface area contributed by atoms with Crippen LogP contribution in [-0.2, 0) is 14.3 Å². The lowest BCUT2D eigenvalue weighted by Crippen LogP contribution is -2.07. The number of hydrogen-bond donors (Lipinski definition) is 0. The molecular formula is C7H9FO3S. The molecule has 0 aromatic rings. The zero-order chi connectivity index (χ0) is 9.19. The van der Waals surface area contributed by atoms with Gasteiger partial charge in [-0.25, -0.2) is 4.39 Å². The zero-order valence-corrected chi connectivity index (χ0v) is 7.40. The molecule has 0 aromatic heterocycles. The van der Waals surface area contributed by atoms with Crippen molar-refractivity contribution in [2.45, 2.75) is 12.8 Å². The number of rotatable bonds is 2. The Morgan fingerprint density at radius 3 is 2.50 bits per heavy atom. The molecule has 0 unspecified atom stereocenters. The molecule has 0 spiro atoms. The second-order valence-corrected chi connectivity index (χ2v) is 4.13. The molecule has 0 heterocycles. The van der Waals surface area contributed by atoms with E-state index in [0.29, 0.717) is 0 Å². The van der Waals surface area contributed by atoms with Crippen molar-refractivity contribution in [3.05, 3.63) is 22.9 Å². The largest absolute Gasteiger partial charge is 0.292 e. The highest BCUT2D eigenvalue weighted by Crippen LogP contribution is 2.23. The van der Waals surface area contributed by atoms with E-state index in [1.54, 1.807) is 0 Å². The van der Waals surface area contributed by atoms with Gasteiger partial charge in [-0.1, -0.05) is 0 Å². The predicted molar refractivity (Wildman–Crippen MR) is 42.4 cm³/mol. The summed E-state index contributed by atoms with van der Waals surface area (Å²) in [5.41, 5.74) is 0. The molecule has 0 aliphatic heterocycles. The number of halogens is 1. The topological polar surface area (TPSA) is 43.4 Å². The molecule has 0 radical (unpaired) electrons. The van der Waals surface area contributed by atoms with Gasteiger partial charge in [-0.05, 0) is 18.6 Å². The summed E-state index contributed by atoms with van der Waals surface area (Å²) < 4.78 is 38.7. The summed E-state index contributed by atoms with van der Waals surface area (Å²) in [4.78, 5) is 0.131. The van der Waals surface area contributed by atoms with Gasteiger partial charge in [0.2, 0.25) is 0 Å². The second kappa shape index (κ2) is 3.37. The predicted octanol–water partition coefficient (Wildman–Crippen LogP) is 1.49. The molecule has 0 atom stereocenters. The van der Waals surface area contributed by atoms with Gasteiger partial charge in [0.1, 0.15) is 5.83 Å². The van der Waals surface area contributed by atoms with Crippen molar-refractivity contribution in [3.63, 3.8) is 0 Å². The van der Waals surface area contributed by atoms with E-state index in [1.807, 2.05) is 0 Å². The molecule has 12 heavy (non-hydrogen) atoms. The van der Waals surface area contributed by atoms with Crippen LogP contribution in [0.1, 0.15) is 12.8 Å². The summed E-state index contributed by atoms with van der Waals surface area (Å²) in [6.07, 6.45) is 2.69. The maximum Gasteiger partial charge on any atom is 0.292 e. The van der Waals surface area contributed by atoms with E-state index in [1.165, 1.54) is 6.08 Å². The van der Waals surface area contributed by atoms with Crippen LogP contribution in [0.2, 0.25) is 0 Å². The lowest BCUT2D eigenvalue weighted by molar-refractivity contribution is 0.402. The molecule has 0 aromatic carbocycles. The van der Waals surface area contributed by atoms with E-state index >= 15 is 0 Å². The van der Waals surface area contributed by atoms with Crippen molar-refractivity contribution in [2.24, 2.45) is 0 Å². The summed E-state index contributed by atoms with van der Waals surface area (Å²) in [6.45, 7) is 0. The quantitative estimate of drug-likeness (QED) is 0.622. The van der Waals surface area contributed by atoms with Crippen LogP contribution in [0.4, 0.5) is 4.39 Å². The molecular weight excluding hydrogens is 183 g/mol. The summed E-state index contributed by atoms with van der Waals surface area (Å²) in [6, 6.07) is 0. The highest BCUT2D eigenvalue weighted by molar-refractivity contribution is 7.90. The summed E-state index contributed by atoms with van der Waals surface area (Å²) in [5, 5.41) is 0. The normalized spacial score (nSPS) is 18.5.